The van der Waals surface area contributed by atoms with Gasteiger partial charge in [-0.25, -0.2) is 0 Å². The molecule has 0 atom stereocenters. The SMILES string of the molecule is COc1ccc(CC(=O)NCc2ccc(CN3CCCC3)cc2)cc1OC. The molecule has 0 aliphatic carbocycles. The van der Waals surface area contributed by atoms with Crippen molar-refractivity contribution in [2.45, 2.75) is 32.4 Å². The number of hydrogen-bond donors (Lipinski definition) is 1. The number of benzene rings is 2. The second-order valence-electron chi connectivity index (χ2n) is 6.94. The molecule has 2 aromatic rings. The van der Waals surface area contributed by atoms with E-state index in [1.54, 1.807) is 14.2 Å². The fourth-order valence-electron chi connectivity index (χ4n) is 3.40. The van der Waals surface area contributed by atoms with Crippen LogP contribution in [0.4, 0.5) is 0 Å². The third kappa shape index (κ3) is 5.47. The van der Waals surface area contributed by atoms with Gasteiger partial charge in [0.25, 0.3) is 0 Å². The highest BCUT2D eigenvalue weighted by Crippen LogP contribution is 2.27. The first kappa shape index (κ1) is 19.2. The van der Waals surface area contributed by atoms with Crippen LogP contribution in [0.15, 0.2) is 42.5 Å². The molecule has 5 heteroatoms. The van der Waals surface area contributed by atoms with Gasteiger partial charge in [-0.05, 0) is 54.8 Å². The fourth-order valence-corrected chi connectivity index (χ4v) is 3.40. The number of ether oxygens (including phenoxy) is 2. The normalized spacial score (nSPS) is 14.1. The number of carbonyl (C=O) groups excluding carboxylic acids is 1. The summed E-state index contributed by atoms with van der Waals surface area (Å²) in [5, 5.41) is 2.98. The van der Waals surface area contributed by atoms with Gasteiger partial charge in [-0.3, -0.25) is 9.69 Å². The van der Waals surface area contributed by atoms with E-state index in [0.717, 1.165) is 17.7 Å². The van der Waals surface area contributed by atoms with E-state index in [9.17, 15) is 4.79 Å². The van der Waals surface area contributed by atoms with E-state index in [0.29, 0.717) is 24.5 Å². The van der Waals surface area contributed by atoms with Crippen molar-refractivity contribution in [1.82, 2.24) is 10.2 Å². The topological polar surface area (TPSA) is 50.8 Å². The van der Waals surface area contributed by atoms with Gasteiger partial charge in [-0.15, -0.1) is 0 Å². The molecule has 144 valence electrons. The highest BCUT2D eigenvalue weighted by molar-refractivity contribution is 5.78. The lowest BCUT2D eigenvalue weighted by molar-refractivity contribution is -0.120. The van der Waals surface area contributed by atoms with Crippen LogP contribution in [0.2, 0.25) is 0 Å². The number of nitrogens with zero attached hydrogens (tertiary/aromatic N) is 1. The summed E-state index contributed by atoms with van der Waals surface area (Å²) in [6.45, 7) is 3.96. The van der Waals surface area contributed by atoms with Crippen LogP contribution in [0.25, 0.3) is 0 Å². The van der Waals surface area contributed by atoms with E-state index in [4.69, 9.17) is 9.47 Å². The Morgan fingerprint density at radius 3 is 2.22 bits per heavy atom. The number of amides is 1. The molecule has 0 aromatic heterocycles. The van der Waals surface area contributed by atoms with Gasteiger partial charge in [0.1, 0.15) is 0 Å². The van der Waals surface area contributed by atoms with Crippen molar-refractivity contribution in [1.29, 1.82) is 0 Å². The molecule has 1 saturated heterocycles. The molecule has 0 radical (unpaired) electrons. The second-order valence-corrected chi connectivity index (χ2v) is 6.94. The van der Waals surface area contributed by atoms with Crippen molar-refractivity contribution < 1.29 is 14.3 Å². The van der Waals surface area contributed by atoms with E-state index < -0.39 is 0 Å². The lowest BCUT2D eigenvalue weighted by atomic mass is 10.1. The molecule has 1 fully saturated rings. The predicted molar refractivity (Wildman–Crippen MR) is 106 cm³/mol. The molecule has 1 aliphatic heterocycles. The first-order valence-corrected chi connectivity index (χ1v) is 9.45. The molecule has 1 heterocycles. The minimum Gasteiger partial charge on any atom is -0.493 e. The summed E-state index contributed by atoms with van der Waals surface area (Å²) in [4.78, 5) is 14.7. The van der Waals surface area contributed by atoms with E-state index >= 15 is 0 Å². The van der Waals surface area contributed by atoms with E-state index in [2.05, 4.69) is 34.5 Å². The molecule has 27 heavy (non-hydrogen) atoms. The fraction of sp³-hybridized carbons (Fsp3) is 0.409. The molecule has 0 unspecified atom stereocenters. The van der Waals surface area contributed by atoms with Gasteiger partial charge in [-0.1, -0.05) is 30.3 Å². The van der Waals surface area contributed by atoms with E-state index in [1.165, 1.54) is 31.5 Å². The van der Waals surface area contributed by atoms with E-state index in [-0.39, 0.29) is 5.91 Å². The maximum absolute atomic E-state index is 12.2. The van der Waals surface area contributed by atoms with Crippen LogP contribution >= 0.6 is 0 Å². The summed E-state index contributed by atoms with van der Waals surface area (Å²) >= 11 is 0. The predicted octanol–water partition coefficient (Wildman–Crippen LogP) is 3.16. The Hall–Kier alpha value is -2.53. The van der Waals surface area contributed by atoms with Crippen LogP contribution in [0.1, 0.15) is 29.5 Å². The minimum atomic E-state index is -0.0108. The van der Waals surface area contributed by atoms with Gasteiger partial charge in [-0.2, -0.15) is 0 Å². The molecule has 3 rings (SSSR count). The summed E-state index contributed by atoms with van der Waals surface area (Å²) in [6, 6.07) is 14.1. The number of methoxy groups -OCH3 is 2. The van der Waals surface area contributed by atoms with Crippen molar-refractivity contribution in [3.63, 3.8) is 0 Å². The third-order valence-electron chi connectivity index (χ3n) is 4.93. The van der Waals surface area contributed by atoms with E-state index in [1.807, 2.05) is 18.2 Å². The zero-order valence-electron chi connectivity index (χ0n) is 16.2. The molecule has 0 saturated carbocycles. The Labute approximate surface area is 161 Å². The van der Waals surface area contributed by atoms with Gasteiger partial charge in [0.15, 0.2) is 11.5 Å². The summed E-state index contributed by atoms with van der Waals surface area (Å²) in [7, 11) is 3.19. The van der Waals surface area contributed by atoms with Gasteiger partial charge in [0.05, 0.1) is 20.6 Å². The van der Waals surface area contributed by atoms with Crippen molar-refractivity contribution in [2.24, 2.45) is 0 Å². The van der Waals surface area contributed by atoms with Crippen LogP contribution in [-0.2, 0) is 24.3 Å². The summed E-state index contributed by atoms with van der Waals surface area (Å²) in [6.07, 6.45) is 2.93. The average Bonchev–Trinajstić information content (AvgIpc) is 3.20. The summed E-state index contributed by atoms with van der Waals surface area (Å²) < 4.78 is 10.5. The molecule has 1 aliphatic rings. The lowest BCUT2D eigenvalue weighted by Crippen LogP contribution is -2.24. The first-order valence-electron chi connectivity index (χ1n) is 9.45. The van der Waals surface area contributed by atoms with Crippen LogP contribution in [0.3, 0.4) is 0 Å². The van der Waals surface area contributed by atoms with Gasteiger partial charge < -0.3 is 14.8 Å². The van der Waals surface area contributed by atoms with Crippen LogP contribution < -0.4 is 14.8 Å². The van der Waals surface area contributed by atoms with Crippen LogP contribution in [0.5, 0.6) is 11.5 Å². The Balaban J connectivity index is 1.48. The molecule has 5 nitrogen and oxygen atoms in total. The molecule has 2 aromatic carbocycles. The third-order valence-corrected chi connectivity index (χ3v) is 4.93. The van der Waals surface area contributed by atoms with Gasteiger partial charge >= 0.3 is 0 Å². The largest absolute Gasteiger partial charge is 0.493 e. The maximum Gasteiger partial charge on any atom is 0.224 e. The average molecular weight is 368 g/mol. The Kier molecular flexibility index (Phi) is 6.71. The number of likely N-dealkylation sites (tertiary alicyclic amines) is 1. The Morgan fingerprint density at radius 2 is 1.56 bits per heavy atom. The van der Waals surface area contributed by atoms with Gasteiger partial charge in [0, 0.05) is 13.1 Å². The lowest BCUT2D eigenvalue weighted by Gasteiger charge is -2.14. The zero-order valence-corrected chi connectivity index (χ0v) is 16.2. The molecule has 0 spiro atoms. The monoisotopic (exact) mass is 368 g/mol. The van der Waals surface area contributed by atoms with Crippen molar-refractivity contribution >= 4 is 5.91 Å². The van der Waals surface area contributed by atoms with Gasteiger partial charge in [0.2, 0.25) is 5.91 Å². The summed E-state index contributed by atoms with van der Waals surface area (Å²) in [5.74, 6) is 1.29. The number of rotatable bonds is 8. The standard InChI is InChI=1S/C22H28N2O3/c1-26-20-10-9-19(13-21(20)27-2)14-22(25)23-15-17-5-7-18(8-6-17)16-24-11-3-4-12-24/h5-10,13H,3-4,11-12,14-16H2,1-2H3,(H,23,25). The number of carbonyl (C=O) groups is 1. The molecule has 1 N–H and O–H groups in total. The molecular formula is C22H28N2O3. The second kappa shape index (κ2) is 9.42. The first-order chi connectivity index (χ1) is 13.2. The smallest absolute Gasteiger partial charge is 0.224 e. The molecular weight excluding hydrogens is 340 g/mol. The van der Waals surface area contributed by atoms with Crippen molar-refractivity contribution in [3.8, 4) is 11.5 Å². The molecule has 0 bridgehead atoms. The quantitative estimate of drug-likeness (QED) is 0.778. The van der Waals surface area contributed by atoms with Crippen LogP contribution in [0, 0.1) is 0 Å². The van der Waals surface area contributed by atoms with Crippen molar-refractivity contribution in [2.75, 3.05) is 27.3 Å². The van der Waals surface area contributed by atoms with Crippen molar-refractivity contribution in [3.05, 3.63) is 59.2 Å². The Bertz CT molecular complexity index is 753. The number of hydrogen-bond acceptors (Lipinski definition) is 4. The number of nitrogens with one attached hydrogen (secondary N) is 1. The highest BCUT2D eigenvalue weighted by Gasteiger charge is 2.12. The highest BCUT2D eigenvalue weighted by atomic mass is 16.5. The Morgan fingerprint density at radius 1 is 0.926 bits per heavy atom. The van der Waals surface area contributed by atoms with Crippen LogP contribution in [-0.4, -0.2) is 38.1 Å². The summed E-state index contributed by atoms with van der Waals surface area (Å²) in [5.41, 5.74) is 3.34. The molecule has 1 amide bonds. The zero-order chi connectivity index (χ0) is 19.1. The maximum atomic E-state index is 12.2. The minimum absolute atomic E-state index is 0.0108.